The van der Waals surface area contributed by atoms with E-state index in [9.17, 15) is 23.2 Å². The number of hydrogen-bond donors (Lipinski definition) is 0. The van der Waals surface area contributed by atoms with Crippen LogP contribution in [-0.2, 0) is 20.9 Å². The number of nitrogens with zero attached hydrogens (tertiary/aromatic N) is 2. The molecule has 1 fully saturated rings. The van der Waals surface area contributed by atoms with Crippen molar-refractivity contribution in [3.8, 4) is 0 Å². The summed E-state index contributed by atoms with van der Waals surface area (Å²) >= 11 is 11.8. The number of hydrazine groups is 1. The molecule has 0 radical (unpaired) electrons. The van der Waals surface area contributed by atoms with Gasteiger partial charge in [0.1, 0.15) is 23.0 Å². The highest BCUT2D eigenvalue weighted by molar-refractivity contribution is 6.91. The van der Waals surface area contributed by atoms with Crippen LogP contribution in [0.2, 0.25) is 17.1 Å². The van der Waals surface area contributed by atoms with Crippen molar-refractivity contribution in [3.05, 3.63) is 64.7 Å². The normalized spacial score (nSPS) is 17.3. The smallest absolute Gasteiger partial charge is 0.268 e. The molecule has 3 rings (SSSR count). The van der Waals surface area contributed by atoms with E-state index in [-0.39, 0.29) is 17.8 Å². The Morgan fingerprint density at radius 1 is 1.09 bits per heavy atom. The summed E-state index contributed by atoms with van der Waals surface area (Å²) in [5, 5.41) is 2.43. The van der Waals surface area contributed by atoms with Crippen LogP contribution in [0, 0.1) is 17.6 Å². The number of carbonyl (C=O) groups is 3. The van der Waals surface area contributed by atoms with Crippen LogP contribution in [0.15, 0.2) is 42.5 Å². The molecule has 2 amide bonds. The second-order valence-electron chi connectivity index (χ2n) is 9.36. The van der Waals surface area contributed by atoms with Crippen molar-refractivity contribution in [1.29, 1.82) is 0 Å². The lowest BCUT2D eigenvalue weighted by molar-refractivity contribution is -0.137. The number of anilines is 1. The van der Waals surface area contributed by atoms with Crippen LogP contribution in [0.3, 0.4) is 0 Å². The summed E-state index contributed by atoms with van der Waals surface area (Å²) in [6, 6.07) is 9.93. The quantitative estimate of drug-likeness (QED) is 0.274. The number of carbonyl (C=O) groups excluding carboxylic acids is 3. The highest BCUT2D eigenvalue weighted by atomic mass is 35.5. The lowest BCUT2D eigenvalue weighted by atomic mass is 10.1. The summed E-state index contributed by atoms with van der Waals surface area (Å²) in [4.78, 5) is 38.9. The summed E-state index contributed by atoms with van der Waals surface area (Å²) in [7, 11) is -2.01. The predicted molar refractivity (Wildman–Crippen MR) is 133 cm³/mol. The van der Waals surface area contributed by atoms with E-state index >= 15 is 0 Å². The van der Waals surface area contributed by atoms with Crippen LogP contribution < -0.4 is 5.01 Å². The molecule has 2 aromatic carbocycles. The Hall–Kier alpha value is -2.49. The lowest BCUT2D eigenvalue weighted by Crippen LogP contribution is -2.56. The molecule has 0 unspecified atom stereocenters. The fraction of sp³-hybridized carbons (Fsp3) is 0.375. The van der Waals surface area contributed by atoms with Gasteiger partial charge >= 0.3 is 0 Å². The van der Waals surface area contributed by atoms with E-state index in [1.807, 2.05) is 0 Å². The number of hydrogen-bond acceptors (Lipinski definition) is 4. The molecule has 11 heteroatoms. The van der Waals surface area contributed by atoms with Crippen LogP contribution in [0.25, 0.3) is 0 Å². The van der Waals surface area contributed by atoms with Crippen molar-refractivity contribution in [1.82, 2.24) is 5.01 Å². The maximum atomic E-state index is 14.9. The van der Waals surface area contributed by atoms with Gasteiger partial charge in [-0.3, -0.25) is 14.4 Å². The second kappa shape index (κ2) is 11.1. The molecule has 188 valence electrons. The van der Waals surface area contributed by atoms with Crippen molar-refractivity contribution in [3.63, 3.8) is 0 Å². The zero-order valence-corrected chi connectivity index (χ0v) is 22.2. The van der Waals surface area contributed by atoms with Crippen LogP contribution in [-0.4, -0.2) is 42.7 Å². The maximum absolute atomic E-state index is 14.9. The van der Waals surface area contributed by atoms with E-state index in [0.29, 0.717) is 28.7 Å². The maximum Gasteiger partial charge on any atom is 0.268 e. The summed E-state index contributed by atoms with van der Waals surface area (Å²) in [6.45, 7) is 5.20. The first-order chi connectivity index (χ1) is 16.4. The molecule has 0 spiro atoms. The third kappa shape index (κ3) is 6.80. The minimum atomic E-state index is -2.01. The fourth-order valence-electron chi connectivity index (χ4n) is 3.69. The molecule has 35 heavy (non-hydrogen) atoms. The largest absolute Gasteiger partial charge is 0.465 e. The summed E-state index contributed by atoms with van der Waals surface area (Å²) in [5.74, 6) is -4.15. The fourth-order valence-corrected chi connectivity index (χ4v) is 6.50. The number of rotatable bonds is 6. The van der Waals surface area contributed by atoms with Gasteiger partial charge in [0.15, 0.2) is 14.6 Å². The van der Waals surface area contributed by atoms with Crippen molar-refractivity contribution in [2.45, 2.75) is 45.0 Å². The van der Waals surface area contributed by atoms with Gasteiger partial charge in [-0.1, -0.05) is 23.7 Å². The molecule has 1 saturated heterocycles. The molecule has 0 atom stereocenters. The van der Waals surface area contributed by atoms with Crippen LogP contribution in [0.4, 0.5) is 19.3 Å². The Labute approximate surface area is 214 Å². The summed E-state index contributed by atoms with van der Waals surface area (Å²) in [6.07, 6.45) is 0. The highest BCUT2D eigenvalue weighted by Gasteiger charge is 2.46. The van der Waals surface area contributed by atoms with E-state index < -0.39 is 49.6 Å². The number of alkyl halides is 1. The summed E-state index contributed by atoms with van der Waals surface area (Å²) < 4.78 is 33.9. The molecule has 1 heterocycles. The monoisotopic (exact) mass is 542 g/mol. The van der Waals surface area contributed by atoms with Gasteiger partial charge < -0.3 is 4.74 Å². The average Bonchev–Trinajstić information content (AvgIpc) is 2.73. The molecule has 0 N–H and O–H groups in total. The lowest BCUT2D eigenvalue weighted by Gasteiger charge is -2.40. The van der Waals surface area contributed by atoms with E-state index in [4.69, 9.17) is 27.9 Å². The Morgan fingerprint density at radius 2 is 1.71 bits per heavy atom. The number of ether oxygens (including phenoxy) is 1. The first kappa shape index (κ1) is 27.1. The van der Waals surface area contributed by atoms with Crippen LogP contribution >= 0.6 is 23.2 Å². The topological polar surface area (TPSA) is 66.9 Å². The van der Waals surface area contributed by atoms with E-state index in [0.717, 1.165) is 22.2 Å². The van der Waals surface area contributed by atoms with Gasteiger partial charge in [0.2, 0.25) is 5.91 Å². The third-order valence-corrected chi connectivity index (χ3v) is 9.00. The van der Waals surface area contributed by atoms with Crippen molar-refractivity contribution in [2.24, 2.45) is 5.92 Å². The Kier molecular flexibility index (Phi) is 8.56. The summed E-state index contributed by atoms with van der Waals surface area (Å²) in [5.41, 5.74) is -0.588. The molecule has 1 aliphatic rings. The Balaban J connectivity index is 1.92. The Morgan fingerprint density at radius 3 is 2.26 bits per heavy atom. The van der Waals surface area contributed by atoms with Gasteiger partial charge in [-0.25, -0.2) is 18.8 Å². The average molecular weight is 543 g/mol. The molecule has 0 aliphatic carbocycles. The van der Waals surface area contributed by atoms with E-state index in [2.05, 4.69) is 0 Å². The number of halogens is 4. The van der Waals surface area contributed by atoms with Crippen LogP contribution in [0.1, 0.15) is 26.3 Å². The minimum Gasteiger partial charge on any atom is -0.465 e. The first-order valence-electron chi connectivity index (χ1n) is 11.0. The standard InChI is InChI=1S/C24H26Cl2F2N2O4Si/c1-24(2,3)34-23(33)35-13-16(14-35)22(32)30(20-9-8-18(27)10-19(20)28)29(21(31)11-25)12-15-4-6-17(26)7-5-15/h4-10,16,35H,11-14H2,1-3H3. The zero-order valence-electron chi connectivity index (χ0n) is 19.6. The minimum absolute atomic E-state index is 0.106. The number of amides is 2. The van der Waals surface area contributed by atoms with E-state index in [1.54, 1.807) is 45.0 Å². The molecular weight excluding hydrogens is 517 g/mol. The van der Waals surface area contributed by atoms with Crippen LogP contribution in [0.5, 0.6) is 0 Å². The molecule has 0 aromatic heterocycles. The van der Waals surface area contributed by atoms with Gasteiger partial charge in [-0.2, -0.15) is 0 Å². The van der Waals surface area contributed by atoms with Gasteiger partial charge in [0.25, 0.3) is 11.5 Å². The highest BCUT2D eigenvalue weighted by Crippen LogP contribution is 2.35. The Bertz CT molecular complexity index is 1110. The molecule has 2 aromatic rings. The third-order valence-electron chi connectivity index (χ3n) is 5.46. The molecule has 6 nitrogen and oxygen atoms in total. The first-order valence-corrected chi connectivity index (χ1v) is 14.1. The predicted octanol–water partition coefficient (Wildman–Crippen LogP) is 5.51. The molecule has 0 saturated carbocycles. The van der Waals surface area contributed by atoms with Gasteiger partial charge in [0, 0.05) is 17.0 Å². The molecular formula is C24H26Cl2F2N2O4Si. The van der Waals surface area contributed by atoms with Crippen molar-refractivity contribution < 1.29 is 27.9 Å². The van der Waals surface area contributed by atoms with Gasteiger partial charge in [-0.05, 0) is 62.7 Å². The SMILES string of the molecule is CC(C)(C)OC(=O)[SiH]1CC(C(=O)N(c2ccc(F)cc2F)N(Cc2ccc(Cl)cc2)C(=O)CCl)C1. The second-order valence-corrected chi connectivity index (χ2v) is 12.9. The van der Waals surface area contributed by atoms with Crippen molar-refractivity contribution >= 4 is 55.1 Å². The van der Waals surface area contributed by atoms with Gasteiger partial charge in [0.05, 0.1) is 6.54 Å². The zero-order chi connectivity index (χ0) is 25.9. The molecule has 0 bridgehead atoms. The molecule has 1 aliphatic heterocycles. The van der Waals surface area contributed by atoms with Gasteiger partial charge in [-0.15, -0.1) is 11.6 Å². The van der Waals surface area contributed by atoms with E-state index in [1.165, 1.54) is 0 Å². The van der Waals surface area contributed by atoms with Crippen molar-refractivity contribution in [2.75, 3.05) is 10.9 Å². The number of benzene rings is 2.